The molecule has 1 aromatic carbocycles. The topological polar surface area (TPSA) is 110 Å². The maximum atomic E-state index is 13.5. The van der Waals surface area contributed by atoms with Crippen molar-refractivity contribution in [2.45, 2.75) is 18.3 Å². The van der Waals surface area contributed by atoms with Gasteiger partial charge in [0.2, 0.25) is 0 Å². The number of nitrogens with zero attached hydrogens (tertiary/aromatic N) is 1. The van der Waals surface area contributed by atoms with Crippen LogP contribution in [0.1, 0.15) is 11.1 Å². The molecule has 27 heavy (non-hydrogen) atoms. The van der Waals surface area contributed by atoms with Crippen LogP contribution in [-0.4, -0.2) is 33.9 Å². The van der Waals surface area contributed by atoms with Gasteiger partial charge in [0, 0.05) is 5.02 Å². The molecule has 0 aliphatic rings. The third-order valence-corrected chi connectivity index (χ3v) is 4.32. The first-order valence-corrected chi connectivity index (χ1v) is 7.97. The number of hydrogen-bond acceptors (Lipinski definition) is 6. The predicted molar refractivity (Wildman–Crippen MR) is 92.8 cm³/mol. The molecule has 1 heterocycles. The fourth-order valence-corrected chi connectivity index (χ4v) is 2.76. The molecule has 2 rings (SSSR count). The van der Waals surface area contributed by atoms with Crippen LogP contribution in [0.4, 0.5) is 19.0 Å². The molecule has 0 aliphatic carbocycles. The van der Waals surface area contributed by atoms with E-state index in [0.717, 1.165) is 4.57 Å². The molecular formula is C15H13ClF3N3O4S. The number of carbonyl (C=O) groups excluding carboxylic acids is 1. The third-order valence-electron chi connectivity index (χ3n) is 3.75. The average molecular weight is 424 g/mol. The van der Waals surface area contributed by atoms with Gasteiger partial charge in [-0.05, 0) is 29.9 Å². The Labute approximate surface area is 160 Å². The fraction of sp³-hybridized carbons (Fsp3) is 0.267. The quantitative estimate of drug-likeness (QED) is 0.513. The molecule has 0 saturated carbocycles. The van der Waals surface area contributed by atoms with Crippen LogP contribution in [0.15, 0.2) is 29.1 Å². The van der Waals surface area contributed by atoms with Crippen molar-refractivity contribution in [1.82, 2.24) is 9.55 Å². The second-order valence-electron chi connectivity index (χ2n) is 5.43. The number of nitrogens with one attached hydrogen (secondary N) is 1. The predicted octanol–water partition coefficient (Wildman–Crippen LogP) is 2.11. The Morgan fingerprint density at radius 2 is 1.93 bits per heavy atom. The van der Waals surface area contributed by atoms with E-state index in [1.807, 2.05) is 4.98 Å². The molecule has 0 amide bonds. The fourth-order valence-electron chi connectivity index (χ4n) is 2.37. The van der Waals surface area contributed by atoms with Gasteiger partial charge in [-0.3, -0.25) is 9.78 Å². The monoisotopic (exact) mass is 423 g/mol. The van der Waals surface area contributed by atoms with Crippen LogP contribution in [0.3, 0.4) is 0 Å². The molecule has 1 unspecified atom stereocenters. The number of carbonyl (C=O) groups is 1. The number of esters is 1. The van der Waals surface area contributed by atoms with Crippen molar-refractivity contribution in [2.75, 3.05) is 12.8 Å². The number of aliphatic hydroxyl groups is 1. The minimum Gasteiger partial charge on any atom is -0.466 e. The molecule has 0 radical (unpaired) electrons. The molecule has 146 valence electrons. The van der Waals surface area contributed by atoms with E-state index in [0.29, 0.717) is 17.7 Å². The summed E-state index contributed by atoms with van der Waals surface area (Å²) in [4.78, 5) is 25.8. The number of benzene rings is 1. The molecule has 2 aromatic rings. The van der Waals surface area contributed by atoms with Crippen molar-refractivity contribution in [3.8, 4) is 0 Å². The molecular weight excluding hydrogens is 411 g/mol. The summed E-state index contributed by atoms with van der Waals surface area (Å²) < 4.78 is 45.1. The molecule has 0 aliphatic heterocycles. The normalized spacial score (nSPS) is 13.9. The summed E-state index contributed by atoms with van der Waals surface area (Å²) in [5, 5.41) is 10.5. The van der Waals surface area contributed by atoms with Gasteiger partial charge in [-0.25, -0.2) is 4.79 Å². The Balaban J connectivity index is 2.74. The first kappa shape index (κ1) is 20.9. The molecule has 0 saturated heterocycles. The van der Waals surface area contributed by atoms with Crippen molar-refractivity contribution >= 4 is 35.6 Å². The molecule has 0 spiro atoms. The summed E-state index contributed by atoms with van der Waals surface area (Å²) in [5.74, 6) is -2.94. The Hall–Kier alpha value is -2.37. The van der Waals surface area contributed by atoms with E-state index >= 15 is 0 Å². The maximum Gasteiger partial charge on any atom is 0.432 e. The number of aromatic amines is 1. The van der Waals surface area contributed by atoms with E-state index in [4.69, 9.17) is 29.6 Å². The van der Waals surface area contributed by atoms with Gasteiger partial charge in [0.05, 0.1) is 13.7 Å². The van der Waals surface area contributed by atoms with Gasteiger partial charge in [0.25, 0.3) is 11.2 Å². The highest BCUT2D eigenvalue weighted by Gasteiger charge is 2.64. The van der Waals surface area contributed by atoms with Gasteiger partial charge < -0.3 is 20.1 Å². The molecule has 7 nitrogen and oxygen atoms in total. The molecule has 1 aromatic heterocycles. The molecule has 1 atom stereocenters. The number of H-pyrrole nitrogens is 1. The Bertz CT molecular complexity index is 988. The standard InChI is InChI=1S/C15H13ClF3N3O4S/c1-26-12(24)14(25,15(17,18)19)9-10(20)22(13(27)21-11(9)23)6-7-2-4-8(16)5-3-7/h2-5,25H,6,20H2,1H3,(H,21,23,27). The number of ether oxygens (including phenoxy) is 1. The van der Waals surface area contributed by atoms with Crippen molar-refractivity contribution in [1.29, 1.82) is 0 Å². The summed E-state index contributed by atoms with van der Waals surface area (Å²) in [6, 6.07) is 6.18. The van der Waals surface area contributed by atoms with Gasteiger partial charge in [-0.2, -0.15) is 13.2 Å². The van der Waals surface area contributed by atoms with E-state index < -0.39 is 34.7 Å². The van der Waals surface area contributed by atoms with Crippen LogP contribution in [0, 0.1) is 4.77 Å². The SMILES string of the molecule is COC(=O)C(O)(c1c(N)n(Cc2ccc(Cl)cc2)c(=S)[nH]c1=O)C(F)(F)F. The van der Waals surface area contributed by atoms with Crippen molar-refractivity contribution in [2.24, 2.45) is 0 Å². The second-order valence-corrected chi connectivity index (χ2v) is 6.26. The molecule has 12 heteroatoms. The maximum absolute atomic E-state index is 13.5. The van der Waals surface area contributed by atoms with E-state index in [1.165, 1.54) is 12.1 Å². The Kier molecular flexibility index (Phi) is 5.68. The van der Waals surface area contributed by atoms with Crippen LogP contribution >= 0.6 is 23.8 Å². The number of anilines is 1. The summed E-state index contributed by atoms with van der Waals surface area (Å²) in [6.45, 7) is -0.152. The van der Waals surface area contributed by atoms with Crippen LogP contribution in [-0.2, 0) is 21.7 Å². The van der Waals surface area contributed by atoms with Crippen LogP contribution in [0.25, 0.3) is 0 Å². The number of nitrogen functional groups attached to an aromatic ring is 1. The second kappa shape index (κ2) is 7.33. The number of nitrogens with two attached hydrogens (primary N) is 1. The van der Waals surface area contributed by atoms with Gasteiger partial charge in [0.1, 0.15) is 11.4 Å². The number of hydrogen-bond donors (Lipinski definition) is 3. The summed E-state index contributed by atoms with van der Waals surface area (Å²) in [5.41, 5.74) is -0.907. The van der Waals surface area contributed by atoms with Crippen LogP contribution in [0.2, 0.25) is 5.02 Å². The van der Waals surface area contributed by atoms with Gasteiger partial charge in [-0.1, -0.05) is 23.7 Å². The van der Waals surface area contributed by atoms with Crippen LogP contribution in [0.5, 0.6) is 0 Å². The highest BCUT2D eigenvalue weighted by atomic mass is 35.5. The van der Waals surface area contributed by atoms with Gasteiger partial charge in [-0.15, -0.1) is 0 Å². The summed E-state index contributed by atoms with van der Waals surface area (Å²) >= 11 is 10.7. The smallest absolute Gasteiger partial charge is 0.432 e. The lowest BCUT2D eigenvalue weighted by atomic mass is 9.94. The number of halogens is 4. The lowest BCUT2D eigenvalue weighted by Gasteiger charge is -2.29. The lowest BCUT2D eigenvalue weighted by molar-refractivity contribution is -0.267. The lowest BCUT2D eigenvalue weighted by Crippen LogP contribution is -2.53. The van der Waals surface area contributed by atoms with E-state index in [1.54, 1.807) is 12.1 Å². The molecule has 0 bridgehead atoms. The summed E-state index contributed by atoms with van der Waals surface area (Å²) in [6.07, 6.45) is -5.58. The number of methoxy groups -OCH3 is 1. The van der Waals surface area contributed by atoms with E-state index in [-0.39, 0.29) is 11.3 Å². The Morgan fingerprint density at radius 1 is 1.37 bits per heavy atom. The Morgan fingerprint density at radius 3 is 2.41 bits per heavy atom. The first-order chi connectivity index (χ1) is 12.4. The first-order valence-electron chi connectivity index (χ1n) is 7.18. The van der Waals surface area contributed by atoms with E-state index in [9.17, 15) is 27.9 Å². The number of alkyl halides is 3. The van der Waals surface area contributed by atoms with Crippen LogP contribution < -0.4 is 11.3 Å². The minimum atomic E-state index is -5.58. The largest absolute Gasteiger partial charge is 0.466 e. The minimum absolute atomic E-state index is 0.152. The third kappa shape index (κ3) is 3.70. The number of rotatable bonds is 4. The van der Waals surface area contributed by atoms with E-state index in [2.05, 4.69) is 4.74 Å². The zero-order valence-corrected chi connectivity index (χ0v) is 15.2. The molecule has 0 fully saturated rings. The van der Waals surface area contributed by atoms with Gasteiger partial charge >= 0.3 is 12.1 Å². The van der Waals surface area contributed by atoms with Gasteiger partial charge in [0.15, 0.2) is 4.77 Å². The van der Waals surface area contributed by atoms with Crippen molar-refractivity contribution in [3.63, 3.8) is 0 Å². The van der Waals surface area contributed by atoms with Crippen molar-refractivity contribution in [3.05, 3.63) is 55.5 Å². The zero-order chi connectivity index (χ0) is 20.6. The highest BCUT2D eigenvalue weighted by Crippen LogP contribution is 2.40. The zero-order valence-electron chi connectivity index (χ0n) is 13.6. The summed E-state index contributed by atoms with van der Waals surface area (Å²) in [7, 11) is 0.632. The molecule has 4 N–H and O–H groups in total. The number of aromatic nitrogens is 2. The average Bonchev–Trinajstić information content (AvgIpc) is 2.58. The highest BCUT2D eigenvalue weighted by molar-refractivity contribution is 7.71. The van der Waals surface area contributed by atoms with Crippen molar-refractivity contribution < 1.29 is 27.8 Å².